The number of ether oxygens (including phenoxy) is 1. The lowest BCUT2D eigenvalue weighted by Crippen LogP contribution is -2.31. The summed E-state index contributed by atoms with van der Waals surface area (Å²) in [4.78, 5) is 11.0. The van der Waals surface area contributed by atoms with Gasteiger partial charge in [-0.2, -0.15) is 5.26 Å². The van der Waals surface area contributed by atoms with Gasteiger partial charge >= 0.3 is 0 Å². The Morgan fingerprint density at radius 3 is 2.60 bits per heavy atom. The summed E-state index contributed by atoms with van der Waals surface area (Å²) in [6.07, 6.45) is 7.42. The van der Waals surface area contributed by atoms with Gasteiger partial charge in [-0.05, 0) is 64.8 Å². The quantitative estimate of drug-likeness (QED) is 0.372. The van der Waals surface area contributed by atoms with Crippen molar-refractivity contribution >= 4 is 11.0 Å². The minimum Gasteiger partial charge on any atom is -0.482 e. The van der Waals surface area contributed by atoms with E-state index in [2.05, 4.69) is 57.9 Å². The molecule has 4 heterocycles. The molecule has 1 aromatic carbocycles. The first-order valence-electron chi connectivity index (χ1n) is 12.1. The van der Waals surface area contributed by atoms with Gasteiger partial charge in [0.25, 0.3) is 0 Å². The fourth-order valence-corrected chi connectivity index (χ4v) is 4.78. The molecule has 0 radical (unpaired) electrons. The minimum absolute atomic E-state index is 0.229. The van der Waals surface area contributed by atoms with Crippen LogP contribution >= 0.6 is 0 Å². The van der Waals surface area contributed by atoms with Crippen LogP contribution in [0.4, 0.5) is 0 Å². The van der Waals surface area contributed by atoms with Crippen LogP contribution in [-0.2, 0) is 0 Å². The number of piperidine rings is 1. The van der Waals surface area contributed by atoms with Crippen LogP contribution in [0, 0.1) is 18.4 Å². The molecule has 180 valence electrons. The highest BCUT2D eigenvalue weighted by atomic mass is 16.5. The van der Waals surface area contributed by atoms with Gasteiger partial charge in [-0.25, -0.2) is 9.67 Å². The summed E-state index contributed by atoms with van der Waals surface area (Å²) < 4.78 is 10.6. The molecular weight excluding hydrogens is 440 g/mol. The number of hydrogen-bond donors (Lipinski definition) is 0. The molecule has 0 aliphatic carbocycles. The lowest BCUT2D eigenvalue weighted by molar-refractivity contribution is 0.224. The third kappa shape index (κ3) is 4.32. The Morgan fingerprint density at radius 1 is 1.11 bits per heavy atom. The number of nitriles is 1. The van der Waals surface area contributed by atoms with E-state index in [1.54, 1.807) is 11.1 Å². The molecular formula is C26H30N8O. The van der Waals surface area contributed by atoms with Gasteiger partial charge in [0.2, 0.25) is 0 Å². The van der Waals surface area contributed by atoms with E-state index in [1.165, 1.54) is 0 Å². The molecule has 9 nitrogen and oxygen atoms in total. The number of imidazole rings is 1. The van der Waals surface area contributed by atoms with E-state index in [9.17, 15) is 0 Å². The molecule has 5 rings (SSSR count). The molecule has 1 saturated heterocycles. The van der Waals surface area contributed by atoms with E-state index in [0.29, 0.717) is 0 Å². The van der Waals surface area contributed by atoms with Crippen molar-refractivity contribution in [3.63, 3.8) is 0 Å². The van der Waals surface area contributed by atoms with Crippen LogP contribution in [0.25, 0.3) is 22.3 Å². The maximum absolute atomic E-state index is 9.16. The number of nitrogens with zero attached hydrogens (tertiary/aromatic N) is 8. The molecule has 1 aliphatic heterocycles. The zero-order valence-electron chi connectivity index (χ0n) is 20.6. The summed E-state index contributed by atoms with van der Waals surface area (Å²) in [5, 5.41) is 18.2. The largest absolute Gasteiger partial charge is 0.482 e. The molecule has 0 unspecified atom stereocenters. The number of hydrogen-bond acceptors (Lipinski definition) is 7. The van der Waals surface area contributed by atoms with Crippen molar-refractivity contribution in [1.29, 1.82) is 5.26 Å². The fourth-order valence-electron chi connectivity index (χ4n) is 4.78. The van der Waals surface area contributed by atoms with Crippen LogP contribution in [0.5, 0.6) is 5.75 Å². The zero-order valence-corrected chi connectivity index (χ0v) is 20.6. The highest BCUT2D eigenvalue weighted by Crippen LogP contribution is 2.36. The topological polar surface area (TPSA) is 97.7 Å². The van der Waals surface area contributed by atoms with Gasteiger partial charge < -0.3 is 14.2 Å². The minimum atomic E-state index is -0.229. The maximum Gasteiger partial charge on any atom is 0.179 e. The second kappa shape index (κ2) is 9.37. The summed E-state index contributed by atoms with van der Waals surface area (Å²) in [7, 11) is 0. The molecule has 0 spiro atoms. The molecule has 4 aromatic rings. The Labute approximate surface area is 205 Å². The van der Waals surface area contributed by atoms with E-state index in [-0.39, 0.29) is 18.2 Å². The predicted octanol–water partition coefficient (Wildman–Crippen LogP) is 4.84. The number of pyridine rings is 1. The van der Waals surface area contributed by atoms with Crippen molar-refractivity contribution in [2.24, 2.45) is 0 Å². The second-order valence-electron chi connectivity index (χ2n) is 9.39. The maximum atomic E-state index is 9.16. The van der Waals surface area contributed by atoms with Crippen LogP contribution < -0.4 is 4.74 Å². The molecule has 35 heavy (non-hydrogen) atoms. The average Bonchev–Trinajstić information content (AvgIpc) is 3.48. The zero-order chi connectivity index (χ0) is 24.5. The Hall–Kier alpha value is -3.93. The fraction of sp³-hybridized carbons (Fsp3) is 0.423. The SMILES string of the molecule is Cc1c(-c2cc(O[C@H](C)c3ccccn3)c3c(c2)ncn3C(C)C)nnn1C1CCN(C#N)CC1. The van der Waals surface area contributed by atoms with Gasteiger partial charge in [0.1, 0.15) is 23.1 Å². The Morgan fingerprint density at radius 2 is 1.91 bits per heavy atom. The van der Waals surface area contributed by atoms with Gasteiger partial charge in [-0.3, -0.25) is 4.98 Å². The van der Waals surface area contributed by atoms with Crippen molar-refractivity contribution in [1.82, 2.24) is 34.4 Å². The summed E-state index contributed by atoms with van der Waals surface area (Å²) in [6, 6.07) is 10.4. The second-order valence-corrected chi connectivity index (χ2v) is 9.39. The molecule has 0 saturated carbocycles. The number of likely N-dealkylation sites (tertiary alicyclic amines) is 1. The van der Waals surface area contributed by atoms with Crippen LogP contribution in [0.1, 0.15) is 63.2 Å². The summed E-state index contributed by atoms with van der Waals surface area (Å²) in [5.74, 6) is 0.748. The van der Waals surface area contributed by atoms with Gasteiger partial charge in [0, 0.05) is 30.9 Å². The first-order chi connectivity index (χ1) is 17.0. The predicted molar refractivity (Wildman–Crippen MR) is 133 cm³/mol. The Bertz CT molecular complexity index is 1360. The van der Waals surface area contributed by atoms with Gasteiger partial charge in [0.15, 0.2) is 6.19 Å². The van der Waals surface area contributed by atoms with E-state index < -0.39 is 0 Å². The lowest BCUT2D eigenvalue weighted by Gasteiger charge is -2.28. The molecule has 0 N–H and O–H groups in total. The molecule has 1 atom stereocenters. The lowest BCUT2D eigenvalue weighted by atomic mass is 10.0. The molecule has 9 heteroatoms. The van der Waals surface area contributed by atoms with E-state index in [1.807, 2.05) is 42.2 Å². The van der Waals surface area contributed by atoms with E-state index in [4.69, 9.17) is 10.00 Å². The monoisotopic (exact) mass is 470 g/mol. The van der Waals surface area contributed by atoms with Crippen molar-refractivity contribution < 1.29 is 4.74 Å². The molecule has 0 amide bonds. The third-order valence-electron chi connectivity index (χ3n) is 6.75. The number of rotatable bonds is 6. The highest BCUT2D eigenvalue weighted by molar-refractivity contribution is 5.87. The van der Waals surface area contributed by atoms with E-state index >= 15 is 0 Å². The summed E-state index contributed by atoms with van der Waals surface area (Å²) in [6.45, 7) is 9.82. The van der Waals surface area contributed by atoms with Crippen molar-refractivity contribution in [3.8, 4) is 23.2 Å². The Balaban J connectivity index is 1.53. The normalized spacial score (nSPS) is 15.5. The van der Waals surface area contributed by atoms with Crippen LogP contribution in [-0.4, -0.2) is 47.5 Å². The molecule has 0 bridgehead atoms. The molecule has 1 aliphatic rings. The number of aromatic nitrogens is 6. The van der Waals surface area contributed by atoms with Crippen molar-refractivity contribution in [3.05, 3.63) is 54.2 Å². The first-order valence-corrected chi connectivity index (χ1v) is 12.1. The molecule has 1 fully saturated rings. The first kappa shape index (κ1) is 22.8. The van der Waals surface area contributed by atoms with Gasteiger partial charge in [-0.1, -0.05) is 11.3 Å². The van der Waals surface area contributed by atoms with Crippen LogP contribution in [0.15, 0.2) is 42.9 Å². The Kier molecular flexibility index (Phi) is 6.12. The van der Waals surface area contributed by atoms with Crippen molar-refractivity contribution in [2.75, 3.05) is 13.1 Å². The number of benzene rings is 1. The average molecular weight is 471 g/mol. The summed E-state index contributed by atoms with van der Waals surface area (Å²) in [5.41, 5.74) is 5.44. The highest BCUT2D eigenvalue weighted by Gasteiger charge is 2.25. The van der Waals surface area contributed by atoms with Gasteiger partial charge in [-0.15, -0.1) is 5.10 Å². The standard InChI is InChI=1S/C26H30N8O/c1-17(2)33-16-29-23-13-20(14-24(26(23)33)35-19(4)22-7-5-6-10-28-22)25-18(3)34(31-30-25)21-8-11-32(15-27)12-9-21/h5-7,10,13-14,16-17,19,21H,8-9,11-12H2,1-4H3/t19-/m1/s1. The summed E-state index contributed by atoms with van der Waals surface area (Å²) >= 11 is 0. The van der Waals surface area contributed by atoms with Gasteiger partial charge in [0.05, 0.1) is 29.3 Å². The molecule has 3 aromatic heterocycles. The van der Waals surface area contributed by atoms with Crippen molar-refractivity contribution in [2.45, 2.75) is 58.7 Å². The number of fused-ring (bicyclic) bond motifs is 1. The third-order valence-corrected chi connectivity index (χ3v) is 6.75. The van der Waals surface area contributed by atoms with E-state index in [0.717, 1.165) is 65.4 Å². The van der Waals surface area contributed by atoms with Crippen LogP contribution in [0.2, 0.25) is 0 Å². The van der Waals surface area contributed by atoms with Crippen LogP contribution in [0.3, 0.4) is 0 Å². The smallest absolute Gasteiger partial charge is 0.179 e.